The van der Waals surface area contributed by atoms with Crippen molar-refractivity contribution in [2.75, 3.05) is 11.9 Å². The van der Waals surface area contributed by atoms with Crippen LogP contribution in [0.2, 0.25) is 0 Å². The lowest BCUT2D eigenvalue weighted by atomic mass is 10.0. The molecule has 2 rings (SSSR count). The lowest BCUT2D eigenvalue weighted by molar-refractivity contribution is -0.131. The number of nitrogens with zero attached hydrogens (tertiary/aromatic N) is 1. The van der Waals surface area contributed by atoms with Crippen molar-refractivity contribution >= 4 is 23.5 Å². The first-order valence-corrected chi connectivity index (χ1v) is 7.14. The lowest BCUT2D eigenvalue weighted by Crippen LogP contribution is -2.38. The van der Waals surface area contributed by atoms with Crippen molar-refractivity contribution in [3.63, 3.8) is 0 Å². The van der Waals surface area contributed by atoms with E-state index in [4.69, 9.17) is 0 Å². The number of rotatable bonds is 5. The predicted octanol–water partition coefficient (Wildman–Crippen LogP) is 1.87. The highest BCUT2D eigenvalue weighted by Gasteiger charge is 2.39. The molecule has 1 saturated heterocycles. The van der Waals surface area contributed by atoms with E-state index in [-0.39, 0.29) is 11.6 Å². The van der Waals surface area contributed by atoms with Crippen LogP contribution in [-0.4, -0.2) is 35.3 Å². The average molecular weight is 325 g/mol. The average Bonchev–Trinajstić information content (AvgIpc) is 2.70. The van der Waals surface area contributed by atoms with Crippen LogP contribution in [0, 0.1) is 17.6 Å². The zero-order valence-corrected chi connectivity index (χ0v) is 12.7. The third-order valence-corrected chi connectivity index (χ3v) is 3.32. The summed E-state index contributed by atoms with van der Waals surface area (Å²) in [5.74, 6) is -2.62. The molecular weight excluding hydrogens is 308 g/mol. The zero-order valence-electron chi connectivity index (χ0n) is 12.7. The summed E-state index contributed by atoms with van der Waals surface area (Å²) >= 11 is 0. The third-order valence-electron chi connectivity index (χ3n) is 3.32. The summed E-state index contributed by atoms with van der Waals surface area (Å²) in [5, 5.41) is 4.64. The summed E-state index contributed by atoms with van der Waals surface area (Å²) in [6.07, 6.45) is 0.460. The largest absolute Gasteiger partial charge is 0.326 e. The van der Waals surface area contributed by atoms with E-state index in [0.717, 1.165) is 23.1 Å². The Labute approximate surface area is 131 Å². The number of amides is 4. The Hall–Kier alpha value is -2.51. The maximum absolute atomic E-state index is 13.5. The summed E-state index contributed by atoms with van der Waals surface area (Å²) in [6.45, 7) is 3.25. The van der Waals surface area contributed by atoms with E-state index < -0.39 is 42.1 Å². The van der Waals surface area contributed by atoms with Crippen molar-refractivity contribution in [3.05, 3.63) is 29.8 Å². The molecule has 23 heavy (non-hydrogen) atoms. The van der Waals surface area contributed by atoms with Crippen molar-refractivity contribution < 1.29 is 23.2 Å². The van der Waals surface area contributed by atoms with Crippen LogP contribution >= 0.6 is 0 Å². The lowest BCUT2D eigenvalue weighted by Gasteiger charge is -2.14. The van der Waals surface area contributed by atoms with Crippen molar-refractivity contribution in [2.24, 2.45) is 5.92 Å². The maximum Gasteiger partial charge on any atom is 0.325 e. The molecule has 2 N–H and O–H groups in total. The fourth-order valence-corrected chi connectivity index (χ4v) is 2.28. The Balaban J connectivity index is 2.01. The number of nitrogens with one attached hydrogen (secondary N) is 2. The minimum atomic E-state index is -0.811. The molecule has 1 atom stereocenters. The summed E-state index contributed by atoms with van der Waals surface area (Å²) in [5.41, 5.74) is -0.346. The van der Waals surface area contributed by atoms with Gasteiger partial charge in [0.2, 0.25) is 5.91 Å². The topological polar surface area (TPSA) is 78.5 Å². The van der Waals surface area contributed by atoms with E-state index in [1.165, 1.54) is 0 Å². The smallest absolute Gasteiger partial charge is 0.325 e. The molecule has 0 unspecified atom stereocenters. The standard InChI is InChI=1S/C15H17F2N3O3/c1-8(2)5-12-14(22)20(15(23)19-12)7-13(21)18-11-6-9(16)3-4-10(11)17/h3-4,6,8,12H,5,7H2,1-2H3,(H,18,21)(H,19,23)/t12-/m1/s1. The molecule has 0 radical (unpaired) electrons. The molecule has 1 aliphatic rings. The van der Waals surface area contributed by atoms with E-state index in [1.807, 2.05) is 13.8 Å². The summed E-state index contributed by atoms with van der Waals surface area (Å²) < 4.78 is 26.5. The van der Waals surface area contributed by atoms with E-state index in [1.54, 1.807) is 0 Å². The molecule has 1 aromatic rings. The Morgan fingerprint density at radius 1 is 1.35 bits per heavy atom. The van der Waals surface area contributed by atoms with Gasteiger partial charge < -0.3 is 10.6 Å². The SMILES string of the molecule is CC(C)C[C@H]1NC(=O)N(CC(=O)Nc2cc(F)ccc2F)C1=O. The highest BCUT2D eigenvalue weighted by atomic mass is 19.1. The van der Waals surface area contributed by atoms with Crippen LogP contribution in [0.1, 0.15) is 20.3 Å². The van der Waals surface area contributed by atoms with Crippen LogP contribution in [0.25, 0.3) is 0 Å². The molecule has 1 aliphatic heterocycles. The quantitative estimate of drug-likeness (QED) is 0.811. The zero-order chi connectivity index (χ0) is 17.1. The van der Waals surface area contributed by atoms with Crippen LogP contribution in [-0.2, 0) is 9.59 Å². The van der Waals surface area contributed by atoms with E-state index in [0.29, 0.717) is 6.42 Å². The molecular formula is C15H17F2N3O3. The van der Waals surface area contributed by atoms with Crippen LogP contribution in [0.3, 0.4) is 0 Å². The Morgan fingerprint density at radius 3 is 2.70 bits per heavy atom. The third kappa shape index (κ3) is 4.02. The summed E-state index contributed by atoms with van der Waals surface area (Å²) in [6, 6.07) is 1.27. The van der Waals surface area contributed by atoms with Gasteiger partial charge in [0.25, 0.3) is 5.91 Å². The molecule has 8 heteroatoms. The van der Waals surface area contributed by atoms with Gasteiger partial charge in [0.1, 0.15) is 24.2 Å². The number of benzene rings is 1. The number of imide groups is 1. The van der Waals surface area contributed by atoms with Crippen LogP contribution < -0.4 is 10.6 Å². The Bertz CT molecular complexity index is 649. The van der Waals surface area contributed by atoms with E-state index in [2.05, 4.69) is 10.6 Å². The molecule has 124 valence electrons. The van der Waals surface area contributed by atoms with Gasteiger partial charge in [-0.15, -0.1) is 0 Å². The van der Waals surface area contributed by atoms with E-state index >= 15 is 0 Å². The number of anilines is 1. The van der Waals surface area contributed by atoms with Crippen LogP contribution in [0.5, 0.6) is 0 Å². The maximum atomic E-state index is 13.5. The van der Waals surface area contributed by atoms with Crippen molar-refractivity contribution in [1.82, 2.24) is 10.2 Å². The second kappa shape index (κ2) is 6.72. The number of carbonyl (C=O) groups excluding carboxylic acids is 3. The molecule has 0 aliphatic carbocycles. The fraction of sp³-hybridized carbons (Fsp3) is 0.400. The van der Waals surface area contributed by atoms with Gasteiger partial charge in [-0.05, 0) is 24.5 Å². The highest BCUT2D eigenvalue weighted by molar-refractivity contribution is 6.07. The van der Waals surface area contributed by atoms with E-state index in [9.17, 15) is 23.2 Å². The number of carbonyl (C=O) groups is 3. The minimum Gasteiger partial charge on any atom is -0.326 e. The van der Waals surface area contributed by atoms with Gasteiger partial charge >= 0.3 is 6.03 Å². The molecule has 4 amide bonds. The number of hydrogen-bond donors (Lipinski definition) is 2. The van der Waals surface area contributed by atoms with Gasteiger partial charge in [0, 0.05) is 6.07 Å². The fourth-order valence-electron chi connectivity index (χ4n) is 2.28. The second-order valence-corrected chi connectivity index (χ2v) is 5.73. The minimum absolute atomic E-state index is 0.194. The molecule has 1 fully saturated rings. The van der Waals surface area contributed by atoms with Gasteiger partial charge in [-0.25, -0.2) is 13.6 Å². The second-order valence-electron chi connectivity index (χ2n) is 5.73. The molecule has 1 aromatic carbocycles. The Kier molecular flexibility index (Phi) is 4.92. The highest BCUT2D eigenvalue weighted by Crippen LogP contribution is 2.17. The van der Waals surface area contributed by atoms with Crippen molar-refractivity contribution in [3.8, 4) is 0 Å². The predicted molar refractivity (Wildman–Crippen MR) is 78.5 cm³/mol. The van der Waals surface area contributed by atoms with Gasteiger partial charge in [-0.2, -0.15) is 0 Å². The molecule has 0 aromatic heterocycles. The normalized spacial score (nSPS) is 17.6. The first-order valence-electron chi connectivity index (χ1n) is 7.14. The molecule has 0 bridgehead atoms. The molecule has 0 saturated carbocycles. The van der Waals surface area contributed by atoms with Crippen molar-refractivity contribution in [1.29, 1.82) is 0 Å². The van der Waals surface area contributed by atoms with Gasteiger partial charge in [0.15, 0.2) is 0 Å². The first kappa shape index (κ1) is 16.9. The number of urea groups is 1. The molecule has 0 spiro atoms. The van der Waals surface area contributed by atoms with Crippen molar-refractivity contribution in [2.45, 2.75) is 26.3 Å². The van der Waals surface area contributed by atoms with Gasteiger partial charge in [-0.1, -0.05) is 13.8 Å². The number of hydrogen-bond acceptors (Lipinski definition) is 3. The summed E-state index contributed by atoms with van der Waals surface area (Å²) in [4.78, 5) is 36.5. The van der Waals surface area contributed by atoms with Crippen LogP contribution in [0.4, 0.5) is 19.3 Å². The summed E-state index contributed by atoms with van der Waals surface area (Å²) in [7, 11) is 0. The van der Waals surface area contributed by atoms with Gasteiger partial charge in [-0.3, -0.25) is 14.5 Å². The molecule has 1 heterocycles. The van der Waals surface area contributed by atoms with Crippen LogP contribution in [0.15, 0.2) is 18.2 Å². The number of halogens is 2. The van der Waals surface area contributed by atoms with Gasteiger partial charge in [0.05, 0.1) is 5.69 Å². The first-order chi connectivity index (χ1) is 10.8. The molecule has 6 nitrogen and oxygen atoms in total. The Morgan fingerprint density at radius 2 is 2.04 bits per heavy atom. The monoisotopic (exact) mass is 325 g/mol.